The van der Waals surface area contributed by atoms with Gasteiger partial charge < -0.3 is 15.7 Å². The van der Waals surface area contributed by atoms with E-state index < -0.39 is 5.54 Å². The number of hydrogen-bond acceptors (Lipinski definition) is 3. The van der Waals surface area contributed by atoms with Crippen LogP contribution >= 0.6 is 0 Å². The zero-order chi connectivity index (χ0) is 13.7. The number of carbonyl (C=O) groups excluding carboxylic acids is 1. The molecule has 1 fully saturated rings. The molecule has 4 heteroatoms. The summed E-state index contributed by atoms with van der Waals surface area (Å²) in [7, 11) is 0. The van der Waals surface area contributed by atoms with Crippen molar-refractivity contribution >= 4 is 5.91 Å². The molecule has 19 heavy (non-hydrogen) atoms. The van der Waals surface area contributed by atoms with E-state index in [9.17, 15) is 9.90 Å². The second-order valence-corrected chi connectivity index (χ2v) is 5.35. The molecule has 1 saturated heterocycles. The molecule has 0 radical (unpaired) electrons. The normalized spacial score (nSPS) is 22.5. The fourth-order valence-electron chi connectivity index (χ4n) is 2.44. The van der Waals surface area contributed by atoms with Crippen LogP contribution in [0.25, 0.3) is 0 Å². The fourth-order valence-corrected chi connectivity index (χ4v) is 2.44. The van der Waals surface area contributed by atoms with E-state index in [0.717, 1.165) is 31.4 Å². The predicted octanol–water partition coefficient (Wildman–Crippen LogP) is 1.15. The van der Waals surface area contributed by atoms with Crippen LogP contribution in [0.15, 0.2) is 30.3 Å². The highest BCUT2D eigenvalue weighted by Gasteiger charge is 2.31. The van der Waals surface area contributed by atoms with Crippen LogP contribution < -0.4 is 10.6 Å². The highest BCUT2D eigenvalue weighted by atomic mass is 16.3. The molecule has 1 heterocycles. The van der Waals surface area contributed by atoms with Gasteiger partial charge in [0, 0.05) is 0 Å². The Balaban J connectivity index is 2.07. The maximum Gasteiger partial charge on any atom is 0.237 e. The van der Waals surface area contributed by atoms with Crippen molar-refractivity contribution in [1.29, 1.82) is 0 Å². The molecule has 1 unspecified atom stereocenters. The minimum absolute atomic E-state index is 0.0277. The van der Waals surface area contributed by atoms with Crippen molar-refractivity contribution in [2.75, 3.05) is 13.2 Å². The smallest absolute Gasteiger partial charge is 0.237 e. The SMILES string of the molecule is CC(CO)(NC(=O)[C@H]1CCCCN1)c1ccccc1. The number of piperidine rings is 1. The predicted molar refractivity (Wildman–Crippen MR) is 74.7 cm³/mol. The molecule has 1 aliphatic rings. The van der Waals surface area contributed by atoms with E-state index in [-0.39, 0.29) is 18.6 Å². The van der Waals surface area contributed by atoms with Gasteiger partial charge in [0.15, 0.2) is 0 Å². The molecule has 1 amide bonds. The third-order valence-corrected chi connectivity index (χ3v) is 3.75. The van der Waals surface area contributed by atoms with Gasteiger partial charge in [-0.25, -0.2) is 0 Å². The average molecular weight is 262 g/mol. The van der Waals surface area contributed by atoms with Crippen LogP contribution in [0.4, 0.5) is 0 Å². The summed E-state index contributed by atoms with van der Waals surface area (Å²) < 4.78 is 0. The Bertz CT molecular complexity index is 415. The highest BCUT2D eigenvalue weighted by Crippen LogP contribution is 2.20. The van der Waals surface area contributed by atoms with Gasteiger partial charge in [0.05, 0.1) is 18.2 Å². The molecular weight excluding hydrogens is 240 g/mol. The Morgan fingerprint density at radius 1 is 1.42 bits per heavy atom. The molecule has 4 nitrogen and oxygen atoms in total. The van der Waals surface area contributed by atoms with Crippen molar-refractivity contribution in [3.05, 3.63) is 35.9 Å². The van der Waals surface area contributed by atoms with Crippen LogP contribution in [-0.2, 0) is 10.3 Å². The molecule has 0 aromatic heterocycles. The van der Waals surface area contributed by atoms with Gasteiger partial charge in [-0.15, -0.1) is 0 Å². The van der Waals surface area contributed by atoms with Gasteiger partial charge in [-0.3, -0.25) is 4.79 Å². The van der Waals surface area contributed by atoms with Crippen molar-refractivity contribution < 1.29 is 9.90 Å². The highest BCUT2D eigenvalue weighted by molar-refractivity contribution is 5.82. The fraction of sp³-hybridized carbons (Fsp3) is 0.533. The van der Waals surface area contributed by atoms with E-state index in [4.69, 9.17) is 0 Å². The standard InChI is InChI=1S/C15H22N2O2/c1-15(11-18,12-7-3-2-4-8-12)17-14(19)13-9-5-6-10-16-13/h2-4,7-8,13,16,18H,5-6,9-11H2,1H3,(H,17,19)/t13-,15?/m1/s1. The van der Waals surface area contributed by atoms with E-state index in [1.54, 1.807) is 0 Å². The third kappa shape index (κ3) is 3.33. The van der Waals surface area contributed by atoms with Crippen LogP contribution in [0.1, 0.15) is 31.7 Å². The minimum Gasteiger partial charge on any atom is -0.394 e. The van der Waals surface area contributed by atoms with E-state index in [2.05, 4.69) is 10.6 Å². The molecule has 2 atom stereocenters. The number of aliphatic hydroxyl groups excluding tert-OH is 1. The second-order valence-electron chi connectivity index (χ2n) is 5.35. The topological polar surface area (TPSA) is 61.4 Å². The number of hydrogen-bond donors (Lipinski definition) is 3. The molecular formula is C15H22N2O2. The Morgan fingerprint density at radius 2 is 2.16 bits per heavy atom. The van der Waals surface area contributed by atoms with Gasteiger partial charge in [-0.05, 0) is 31.9 Å². The maximum atomic E-state index is 12.3. The molecule has 0 bridgehead atoms. The molecule has 3 N–H and O–H groups in total. The van der Waals surface area contributed by atoms with Crippen LogP contribution in [0.2, 0.25) is 0 Å². The lowest BCUT2D eigenvalue weighted by molar-refractivity contribution is -0.126. The molecule has 0 aliphatic carbocycles. The minimum atomic E-state index is -0.725. The molecule has 0 spiro atoms. The van der Waals surface area contributed by atoms with Crippen LogP contribution in [-0.4, -0.2) is 30.2 Å². The maximum absolute atomic E-state index is 12.3. The summed E-state index contributed by atoms with van der Waals surface area (Å²) in [5.74, 6) is -0.0277. The lowest BCUT2D eigenvalue weighted by atomic mass is 9.92. The number of nitrogens with one attached hydrogen (secondary N) is 2. The molecule has 1 aliphatic heterocycles. The van der Waals surface area contributed by atoms with Gasteiger partial charge in [-0.1, -0.05) is 36.8 Å². The first-order chi connectivity index (χ1) is 9.15. The second kappa shape index (κ2) is 6.17. The van der Waals surface area contributed by atoms with Gasteiger partial charge in [0.25, 0.3) is 0 Å². The summed E-state index contributed by atoms with van der Waals surface area (Å²) in [6, 6.07) is 9.45. The van der Waals surface area contributed by atoms with Crippen molar-refractivity contribution in [1.82, 2.24) is 10.6 Å². The zero-order valence-electron chi connectivity index (χ0n) is 11.4. The first kappa shape index (κ1) is 14.0. The van der Waals surface area contributed by atoms with Crippen molar-refractivity contribution in [3.8, 4) is 0 Å². The summed E-state index contributed by atoms with van der Waals surface area (Å²) in [6.45, 7) is 2.62. The quantitative estimate of drug-likeness (QED) is 0.763. The van der Waals surface area contributed by atoms with Crippen molar-refractivity contribution in [2.45, 2.75) is 37.8 Å². The molecule has 2 rings (SSSR count). The number of carbonyl (C=O) groups is 1. The summed E-state index contributed by atoms with van der Waals surface area (Å²) in [6.07, 6.45) is 3.06. The van der Waals surface area contributed by atoms with Gasteiger partial charge in [-0.2, -0.15) is 0 Å². The van der Waals surface area contributed by atoms with E-state index in [0.29, 0.717) is 0 Å². The Morgan fingerprint density at radius 3 is 2.74 bits per heavy atom. The Hall–Kier alpha value is -1.39. The van der Waals surface area contributed by atoms with Crippen molar-refractivity contribution in [3.63, 3.8) is 0 Å². The van der Waals surface area contributed by atoms with Gasteiger partial charge in [0.2, 0.25) is 5.91 Å². The first-order valence-electron chi connectivity index (χ1n) is 6.87. The van der Waals surface area contributed by atoms with Crippen LogP contribution in [0, 0.1) is 0 Å². The number of benzene rings is 1. The summed E-state index contributed by atoms with van der Waals surface area (Å²) >= 11 is 0. The summed E-state index contributed by atoms with van der Waals surface area (Å²) in [4.78, 5) is 12.3. The number of rotatable bonds is 4. The average Bonchev–Trinajstić information content (AvgIpc) is 2.49. The molecule has 0 saturated carbocycles. The Kier molecular flexibility index (Phi) is 4.56. The zero-order valence-corrected chi connectivity index (χ0v) is 11.4. The summed E-state index contributed by atoms with van der Waals surface area (Å²) in [5, 5.41) is 15.9. The van der Waals surface area contributed by atoms with Crippen LogP contribution in [0.3, 0.4) is 0 Å². The van der Waals surface area contributed by atoms with Gasteiger partial charge >= 0.3 is 0 Å². The van der Waals surface area contributed by atoms with Gasteiger partial charge in [0.1, 0.15) is 0 Å². The Labute approximate surface area is 114 Å². The monoisotopic (exact) mass is 262 g/mol. The number of aliphatic hydroxyl groups is 1. The third-order valence-electron chi connectivity index (χ3n) is 3.75. The van der Waals surface area contributed by atoms with E-state index in [1.807, 2.05) is 37.3 Å². The lowest BCUT2D eigenvalue weighted by Crippen LogP contribution is -2.54. The first-order valence-corrected chi connectivity index (χ1v) is 6.87. The number of amides is 1. The summed E-state index contributed by atoms with van der Waals surface area (Å²) in [5.41, 5.74) is 0.193. The molecule has 104 valence electrons. The van der Waals surface area contributed by atoms with E-state index >= 15 is 0 Å². The molecule has 1 aromatic carbocycles. The largest absolute Gasteiger partial charge is 0.394 e. The van der Waals surface area contributed by atoms with Crippen LogP contribution in [0.5, 0.6) is 0 Å². The van der Waals surface area contributed by atoms with Crippen molar-refractivity contribution in [2.24, 2.45) is 0 Å². The lowest BCUT2D eigenvalue weighted by Gasteiger charge is -2.32. The van der Waals surface area contributed by atoms with E-state index in [1.165, 1.54) is 0 Å². The molecule has 1 aromatic rings.